The fourth-order valence-electron chi connectivity index (χ4n) is 2.78. The van der Waals surface area contributed by atoms with Crippen molar-refractivity contribution in [3.05, 3.63) is 29.8 Å². The van der Waals surface area contributed by atoms with E-state index in [2.05, 4.69) is 16.9 Å². The highest BCUT2D eigenvalue weighted by atomic mass is 32.2. The Morgan fingerprint density at radius 2 is 1.91 bits per heavy atom. The Morgan fingerprint density at radius 1 is 1.23 bits per heavy atom. The number of thioether (sulfide) groups is 1. The number of anilines is 1. The summed E-state index contributed by atoms with van der Waals surface area (Å²) in [6.07, 6.45) is 7.95. The molecule has 0 unspecified atom stereocenters. The molecule has 1 aromatic carbocycles. The third-order valence-electron chi connectivity index (χ3n) is 4.17. The number of aryl methyl sites for hydroxylation is 1. The maximum atomic E-state index is 11.9. The van der Waals surface area contributed by atoms with Crippen LogP contribution in [0.15, 0.2) is 24.3 Å². The second kappa shape index (κ2) is 8.44. The number of benzene rings is 1. The molecule has 0 aliphatic heterocycles. The van der Waals surface area contributed by atoms with Crippen molar-refractivity contribution in [1.82, 2.24) is 5.32 Å². The standard InChI is InChI=1S/C17H26N2O2S/c1-22-12-9-14-5-7-15(8-6-14)19-16(20)18-13-17(21)10-3-2-4-11-17/h5-8,21H,2-4,9-13H2,1H3,(H2,18,19,20). The minimum atomic E-state index is -0.725. The highest BCUT2D eigenvalue weighted by Gasteiger charge is 2.29. The molecule has 22 heavy (non-hydrogen) atoms. The summed E-state index contributed by atoms with van der Waals surface area (Å²) in [6, 6.07) is 7.67. The van der Waals surface area contributed by atoms with Crippen LogP contribution in [0.1, 0.15) is 37.7 Å². The lowest BCUT2D eigenvalue weighted by molar-refractivity contribution is 0.00755. The van der Waals surface area contributed by atoms with Gasteiger partial charge in [-0.25, -0.2) is 4.79 Å². The molecule has 0 bridgehead atoms. The monoisotopic (exact) mass is 322 g/mol. The summed E-state index contributed by atoms with van der Waals surface area (Å²) >= 11 is 1.83. The molecule has 0 atom stereocenters. The zero-order valence-electron chi connectivity index (χ0n) is 13.2. The maximum absolute atomic E-state index is 11.9. The molecule has 1 aromatic rings. The third-order valence-corrected chi connectivity index (χ3v) is 4.78. The Hall–Kier alpha value is -1.20. The fraction of sp³-hybridized carbons (Fsp3) is 0.588. The van der Waals surface area contributed by atoms with Crippen molar-refractivity contribution in [2.24, 2.45) is 0 Å². The minimum absolute atomic E-state index is 0.254. The molecule has 0 aromatic heterocycles. The lowest BCUT2D eigenvalue weighted by Gasteiger charge is -2.32. The molecule has 5 heteroatoms. The van der Waals surface area contributed by atoms with E-state index in [1.807, 2.05) is 36.0 Å². The SMILES string of the molecule is CSCCc1ccc(NC(=O)NCC2(O)CCCCC2)cc1. The summed E-state index contributed by atoms with van der Waals surface area (Å²) in [6.45, 7) is 0.324. The summed E-state index contributed by atoms with van der Waals surface area (Å²) in [5.74, 6) is 1.10. The van der Waals surface area contributed by atoms with Gasteiger partial charge in [0.25, 0.3) is 0 Å². The molecule has 0 heterocycles. The van der Waals surface area contributed by atoms with Crippen LogP contribution in [0, 0.1) is 0 Å². The van der Waals surface area contributed by atoms with E-state index < -0.39 is 5.60 Å². The molecule has 1 fully saturated rings. The van der Waals surface area contributed by atoms with Crippen molar-refractivity contribution in [3.63, 3.8) is 0 Å². The van der Waals surface area contributed by atoms with Gasteiger partial charge in [-0.2, -0.15) is 11.8 Å². The predicted octanol–water partition coefficient (Wildman–Crippen LogP) is 3.41. The van der Waals surface area contributed by atoms with Gasteiger partial charge in [0.15, 0.2) is 0 Å². The molecule has 2 amide bonds. The Labute approximate surface area is 137 Å². The number of amides is 2. The van der Waals surface area contributed by atoms with Crippen molar-refractivity contribution >= 4 is 23.5 Å². The highest BCUT2D eigenvalue weighted by molar-refractivity contribution is 7.98. The van der Waals surface area contributed by atoms with E-state index in [-0.39, 0.29) is 6.03 Å². The van der Waals surface area contributed by atoms with E-state index in [1.165, 1.54) is 12.0 Å². The molecule has 122 valence electrons. The zero-order chi connectivity index (χ0) is 15.8. The first-order valence-corrected chi connectivity index (χ1v) is 9.36. The van der Waals surface area contributed by atoms with Gasteiger partial charge in [0.05, 0.1) is 5.60 Å². The van der Waals surface area contributed by atoms with E-state index in [1.54, 1.807) is 0 Å². The average Bonchev–Trinajstić information content (AvgIpc) is 2.53. The van der Waals surface area contributed by atoms with E-state index in [4.69, 9.17) is 0 Å². The molecule has 0 radical (unpaired) electrons. The topological polar surface area (TPSA) is 61.4 Å². The van der Waals surface area contributed by atoms with Gasteiger partial charge in [-0.05, 0) is 49.0 Å². The van der Waals surface area contributed by atoms with E-state index in [0.29, 0.717) is 6.54 Å². The van der Waals surface area contributed by atoms with Crippen LogP contribution in [0.2, 0.25) is 0 Å². The molecule has 2 rings (SSSR count). The van der Waals surface area contributed by atoms with Crippen molar-refractivity contribution in [2.75, 3.05) is 23.9 Å². The van der Waals surface area contributed by atoms with Crippen LogP contribution in [0.5, 0.6) is 0 Å². The van der Waals surface area contributed by atoms with Gasteiger partial charge >= 0.3 is 6.03 Å². The van der Waals surface area contributed by atoms with Gasteiger partial charge in [0.1, 0.15) is 0 Å². The van der Waals surface area contributed by atoms with Gasteiger partial charge in [-0.15, -0.1) is 0 Å². The normalized spacial score (nSPS) is 17.0. The van der Waals surface area contributed by atoms with Crippen LogP contribution in [-0.2, 0) is 6.42 Å². The van der Waals surface area contributed by atoms with Crippen molar-refractivity contribution < 1.29 is 9.90 Å². The van der Waals surface area contributed by atoms with Crippen LogP contribution < -0.4 is 10.6 Å². The van der Waals surface area contributed by atoms with Crippen LogP contribution in [0.25, 0.3) is 0 Å². The second-order valence-corrected chi connectivity index (χ2v) is 7.02. The van der Waals surface area contributed by atoms with Crippen molar-refractivity contribution in [3.8, 4) is 0 Å². The van der Waals surface area contributed by atoms with Gasteiger partial charge in [0, 0.05) is 12.2 Å². The molecule has 3 N–H and O–H groups in total. The first kappa shape index (κ1) is 17.2. The summed E-state index contributed by atoms with van der Waals surface area (Å²) in [4.78, 5) is 11.9. The zero-order valence-corrected chi connectivity index (χ0v) is 14.0. The number of carbonyl (C=O) groups excluding carboxylic acids is 1. The van der Waals surface area contributed by atoms with Gasteiger partial charge in [0.2, 0.25) is 0 Å². The largest absolute Gasteiger partial charge is 0.388 e. The Kier molecular flexibility index (Phi) is 6.58. The molecule has 1 aliphatic carbocycles. The number of hydrogen-bond donors (Lipinski definition) is 3. The molecular weight excluding hydrogens is 296 g/mol. The number of aliphatic hydroxyl groups is 1. The van der Waals surface area contributed by atoms with Crippen LogP contribution in [0.3, 0.4) is 0 Å². The maximum Gasteiger partial charge on any atom is 0.319 e. The van der Waals surface area contributed by atoms with Crippen molar-refractivity contribution in [1.29, 1.82) is 0 Å². The van der Waals surface area contributed by atoms with Crippen LogP contribution in [-0.4, -0.2) is 35.3 Å². The van der Waals surface area contributed by atoms with E-state index in [0.717, 1.165) is 43.5 Å². The molecular formula is C17H26N2O2S. The third kappa shape index (κ3) is 5.54. The first-order chi connectivity index (χ1) is 10.6. The summed E-state index contributed by atoms with van der Waals surface area (Å²) in [7, 11) is 0. The molecule has 1 saturated carbocycles. The lowest BCUT2D eigenvalue weighted by Crippen LogP contribution is -2.45. The van der Waals surface area contributed by atoms with Gasteiger partial charge in [-0.3, -0.25) is 0 Å². The smallest absolute Gasteiger partial charge is 0.319 e. The lowest BCUT2D eigenvalue weighted by atomic mass is 9.85. The van der Waals surface area contributed by atoms with E-state index >= 15 is 0 Å². The number of nitrogens with one attached hydrogen (secondary N) is 2. The number of urea groups is 1. The summed E-state index contributed by atoms with van der Waals surface area (Å²) in [5, 5.41) is 16.0. The quantitative estimate of drug-likeness (QED) is 0.752. The highest BCUT2D eigenvalue weighted by Crippen LogP contribution is 2.27. The second-order valence-electron chi connectivity index (χ2n) is 6.03. The van der Waals surface area contributed by atoms with Crippen molar-refractivity contribution in [2.45, 2.75) is 44.1 Å². The molecule has 4 nitrogen and oxygen atoms in total. The fourth-order valence-corrected chi connectivity index (χ4v) is 3.22. The number of rotatable bonds is 6. The number of hydrogen-bond acceptors (Lipinski definition) is 3. The Bertz CT molecular complexity index is 470. The van der Waals surface area contributed by atoms with Gasteiger partial charge < -0.3 is 15.7 Å². The molecule has 1 aliphatic rings. The predicted molar refractivity (Wildman–Crippen MR) is 93.6 cm³/mol. The minimum Gasteiger partial charge on any atom is -0.388 e. The molecule has 0 spiro atoms. The van der Waals surface area contributed by atoms with Gasteiger partial charge in [-0.1, -0.05) is 31.4 Å². The summed E-state index contributed by atoms with van der Waals surface area (Å²) < 4.78 is 0. The molecule has 0 saturated heterocycles. The number of carbonyl (C=O) groups is 1. The average molecular weight is 322 g/mol. The Balaban J connectivity index is 1.76. The first-order valence-electron chi connectivity index (χ1n) is 7.96. The van der Waals surface area contributed by atoms with E-state index in [9.17, 15) is 9.90 Å². The van der Waals surface area contributed by atoms with Crippen LogP contribution in [0.4, 0.5) is 10.5 Å². The Morgan fingerprint density at radius 3 is 2.55 bits per heavy atom. The summed E-state index contributed by atoms with van der Waals surface area (Å²) in [5.41, 5.74) is 1.33. The van der Waals surface area contributed by atoms with Crippen LogP contribution >= 0.6 is 11.8 Å².